The van der Waals surface area contributed by atoms with Crippen LogP contribution in [0.15, 0.2) is 42.5 Å². The van der Waals surface area contributed by atoms with Gasteiger partial charge in [0.1, 0.15) is 6.54 Å². The lowest BCUT2D eigenvalue weighted by atomic mass is 10.0. The topological polar surface area (TPSA) is 66.5 Å². The van der Waals surface area contributed by atoms with Crippen molar-refractivity contribution in [2.45, 2.75) is 26.7 Å². The number of fused-ring (bicyclic) bond motifs is 1. The Hall–Kier alpha value is -2.95. The fourth-order valence-electron chi connectivity index (χ4n) is 2.87. The van der Waals surface area contributed by atoms with Gasteiger partial charge in [0.15, 0.2) is 0 Å². The smallest absolute Gasteiger partial charge is 0.262 e. The van der Waals surface area contributed by atoms with Gasteiger partial charge in [-0.05, 0) is 42.7 Å². The molecular formula is C20H20N2O3. The summed E-state index contributed by atoms with van der Waals surface area (Å²) in [4.78, 5) is 38.1. The second-order valence-electron chi connectivity index (χ2n) is 6.57. The molecule has 0 fully saturated rings. The van der Waals surface area contributed by atoms with Crippen molar-refractivity contribution in [1.29, 1.82) is 0 Å². The average Bonchev–Trinajstić information content (AvgIpc) is 2.79. The Morgan fingerprint density at radius 3 is 2.48 bits per heavy atom. The van der Waals surface area contributed by atoms with E-state index in [4.69, 9.17) is 0 Å². The molecule has 0 spiro atoms. The SMILES string of the molecule is Cc1ccc2c(c1)C(=O)N(CC(=O)Nc1cccc(C(C)C)c1)C2=O. The summed E-state index contributed by atoms with van der Waals surface area (Å²) in [6.45, 7) is 5.70. The van der Waals surface area contributed by atoms with Gasteiger partial charge in [-0.2, -0.15) is 0 Å². The number of carbonyl (C=O) groups excluding carboxylic acids is 3. The van der Waals surface area contributed by atoms with Gasteiger partial charge in [-0.25, -0.2) is 0 Å². The van der Waals surface area contributed by atoms with Gasteiger partial charge in [0, 0.05) is 5.69 Å². The number of nitrogens with one attached hydrogen (secondary N) is 1. The molecule has 3 rings (SSSR count). The normalized spacial score (nSPS) is 13.4. The Kier molecular flexibility index (Phi) is 4.40. The first-order chi connectivity index (χ1) is 11.9. The average molecular weight is 336 g/mol. The predicted molar refractivity (Wildman–Crippen MR) is 95.7 cm³/mol. The molecule has 0 radical (unpaired) electrons. The van der Waals surface area contributed by atoms with Gasteiger partial charge in [0.25, 0.3) is 11.8 Å². The highest BCUT2D eigenvalue weighted by molar-refractivity contribution is 6.22. The van der Waals surface area contributed by atoms with Gasteiger partial charge in [0.2, 0.25) is 5.91 Å². The molecule has 0 saturated heterocycles. The summed E-state index contributed by atoms with van der Waals surface area (Å²) in [6, 6.07) is 12.6. The fraction of sp³-hybridized carbons (Fsp3) is 0.250. The molecular weight excluding hydrogens is 316 g/mol. The maximum Gasteiger partial charge on any atom is 0.262 e. The molecule has 5 heteroatoms. The van der Waals surface area contributed by atoms with Crippen molar-refractivity contribution in [3.8, 4) is 0 Å². The van der Waals surface area contributed by atoms with Crippen molar-refractivity contribution in [3.05, 3.63) is 64.7 Å². The number of hydrogen-bond acceptors (Lipinski definition) is 3. The third-order valence-electron chi connectivity index (χ3n) is 4.26. The molecule has 0 bridgehead atoms. The van der Waals surface area contributed by atoms with E-state index in [1.54, 1.807) is 24.3 Å². The van der Waals surface area contributed by atoms with E-state index < -0.39 is 17.7 Å². The molecule has 3 amide bonds. The molecule has 0 saturated carbocycles. The lowest BCUT2D eigenvalue weighted by molar-refractivity contribution is -0.116. The molecule has 25 heavy (non-hydrogen) atoms. The van der Waals surface area contributed by atoms with Crippen LogP contribution in [0.3, 0.4) is 0 Å². The molecule has 0 unspecified atom stereocenters. The minimum absolute atomic E-state index is 0.294. The van der Waals surface area contributed by atoms with E-state index in [1.807, 2.05) is 25.1 Å². The van der Waals surface area contributed by atoms with E-state index in [2.05, 4.69) is 19.2 Å². The third-order valence-corrected chi connectivity index (χ3v) is 4.26. The summed E-state index contributed by atoms with van der Waals surface area (Å²) in [6.07, 6.45) is 0. The van der Waals surface area contributed by atoms with Gasteiger partial charge < -0.3 is 5.32 Å². The van der Waals surface area contributed by atoms with E-state index in [0.29, 0.717) is 22.7 Å². The van der Waals surface area contributed by atoms with Crippen LogP contribution in [-0.2, 0) is 4.79 Å². The summed E-state index contributed by atoms with van der Waals surface area (Å²) in [5.74, 6) is -0.899. The minimum atomic E-state index is -0.425. The molecule has 5 nitrogen and oxygen atoms in total. The zero-order valence-corrected chi connectivity index (χ0v) is 14.5. The van der Waals surface area contributed by atoms with Crippen molar-refractivity contribution in [3.63, 3.8) is 0 Å². The van der Waals surface area contributed by atoms with Gasteiger partial charge in [-0.1, -0.05) is 37.6 Å². The summed E-state index contributed by atoms with van der Waals surface area (Å²) >= 11 is 0. The number of hydrogen-bond donors (Lipinski definition) is 1. The first-order valence-electron chi connectivity index (χ1n) is 8.23. The highest BCUT2D eigenvalue weighted by atomic mass is 16.2. The molecule has 2 aromatic carbocycles. The second-order valence-corrected chi connectivity index (χ2v) is 6.57. The highest BCUT2D eigenvalue weighted by Crippen LogP contribution is 2.24. The van der Waals surface area contributed by atoms with Crippen molar-refractivity contribution in [1.82, 2.24) is 4.90 Å². The van der Waals surface area contributed by atoms with Crippen LogP contribution in [0.25, 0.3) is 0 Å². The maximum absolute atomic E-state index is 12.4. The van der Waals surface area contributed by atoms with Crippen LogP contribution in [0, 0.1) is 6.92 Å². The lowest BCUT2D eigenvalue weighted by Crippen LogP contribution is -2.37. The fourth-order valence-corrected chi connectivity index (χ4v) is 2.87. The van der Waals surface area contributed by atoms with Crippen LogP contribution in [0.1, 0.15) is 51.6 Å². The largest absolute Gasteiger partial charge is 0.325 e. The van der Waals surface area contributed by atoms with Crippen LogP contribution >= 0.6 is 0 Å². The third kappa shape index (κ3) is 3.31. The van der Waals surface area contributed by atoms with E-state index in [9.17, 15) is 14.4 Å². The van der Waals surface area contributed by atoms with E-state index in [-0.39, 0.29) is 6.54 Å². The summed E-state index contributed by atoms with van der Waals surface area (Å²) in [5, 5.41) is 2.76. The lowest BCUT2D eigenvalue weighted by Gasteiger charge is -2.14. The van der Waals surface area contributed by atoms with Crippen LogP contribution in [-0.4, -0.2) is 29.2 Å². The number of imide groups is 1. The number of amides is 3. The van der Waals surface area contributed by atoms with Crippen molar-refractivity contribution in [2.24, 2.45) is 0 Å². The van der Waals surface area contributed by atoms with Crippen LogP contribution in [0.2, 0.25) is 0 Å². The quantitative estimate of drug-likeness (QED) is 0.871. The van der Waals surface area contributed by atoms with E-state index >= 15 is 0 Å². The van der Waals surface area contributed by atoms with Crippen LogP contribution in [0.4, 0.5) is 5.69 Å². The number of nitrogens with zero attached hydrogens (tertiary/aromatic N) is 1. The Labute approximate surface area is 146 Å². The maximum atomic E-state index is 12.4. The van der Waals surface area contributed by atoms with Crippen molar-refractivity contribution < 1.29 is 14.4 Å². The number of anilines is 1. The summed E-state index contributed by atoms with van der Waals surface area (Å²) in [5.41, 5.74) is 3.37. The Bertz CT molecular complexity index is 871. The first-order valence-corrected chi connectivity index (χ1v) is 8.23. The monoisotopic (exact) mass is 336 g/mol. The van der Waals surface area contributed by atoms with Crippen molar-refractivity contribution >= 4 is 23.4 Å². The zero-order valence-electron chi connectivity index (χ0n) is 14.5. The van der Waals surface area contributed by atoms with E-state index in [0.717, 1.165) is 16.0 Å². The number of aryl methyl sites for hydroxylation is 1. The molecule has 0 aliphatic carbocycles. The molecule has 1 aliphatic heterocycles. The van der Waals surface area contributed by atoms with Crippen LogP contribution < -0.4 is 5.32 Å². The molecule has 2 aromatic rings. The molecule has 128 valence electrons. The van der Waals surface area contributed by atoms with Gasteiger partial charge in [-0.15, -0.1) is 0 Å². The number of rotatable bonds is 4. The second kappa shape index (κ2) is 6.51. The molecule has 0 aromatic heterocycles. The standard InChI is InChI=1S/C20H20N2O3/c1-12(2)14-5-4-6-15(10-14)21-18(23)11-22-19(24)16-8-7-13(3)9-17(16)20(22)25/h4-10,12H,11H2,1-3H3,(H,21,23). The predicted octanol–water partition coefficient (Wildman–Crippen LogP) is 3.35. The van der Waals surface area contributed by atoms with Gasteiger partial charge >= 0.3 is 0 Å². The van der Waals surface area contributed by atoms with E-state index in [1.165, 1.54) is 0 Å². The molecule has 1 N–H and O–H groups in total. The molecule has 1 heterocycles. The van der Waals surface area contributed by atoms with Gasteiger partial charge in [0.05, 0.1) is 11.1 Å². The summed E-state index contributed by atoms with van der Waals surface area (Å²) < 4.78 is 0. The Balaban J connectivity index is 1.73. The molecule has 0 atom stereocenters. The first kappa shape index (κ1) is 16.9. The minimum Gasteiger partial charge on any atom is -0.325 e. The highest BCUT2D eigenvalue weighted by Gasteiger charge is 2.36. The zero-order chi connectivity index (χ0) is 18.1. The van der Waals surface area contributed by atoms with Crippen molar-refractivity contribution in [2.75, 3.05) is 11.9 Å². The Morgan fingerprint density at radius 1 is 1.04 bits per heavy atom. The Morgan fingerprint density at radius 2 is 1.76 bits per heavy atom. The van der Waals surface area contributed by atoms with Crippen LogP contribution in [0.5, 0.6) is 0 Å². The number of carbonyl (C=O) groups is 3. The molecule has 1 aliphatic rings. The summed E-state index contributed by atoms with van der Waals surface area (Å²) in [7, 11) is 0. The number of benzene rings is 2. The van der Waals surface area contributed by atoms with Gasteiger partial charge in [-0.3, -0.25) is 19.3 Å².